The van der Waals surface area contributed by atoms with Crippen LogP contribution < -0.4 is 4.74 Å². The number of hydrogen-bond acceptors (Lipinski definition) is 4. The summed E-state index contributed by atoms with van der Waals surface area (Å²) in [6.07, 6.45) is 7.50. The summed E-state index contributed by atoms with van der Waals surface area (Å²) < 4.78 is 6.91. The zero-order valence-electron chi connectivity index (χ0n) is 29.4. The van der Waals surface area contributed by atoms with Gasteiger partial charge < -0.3 is 4.74 Å². The summed E-state index contributed by atoms with van der Waals surface area (Å²) in [5, 5.41) is 2.21. The average molecular weight is 692 g/mol. The number of fused-ring (bicyclic) bond motifs is 10. The molecule has 0 fully saturated rings. The molecule has 2 aliphatic carbocycles. The molecule has 0 radical (unpaired) electrons. The highest BCUT2D eigenvalue weighted by molar-refractivity contribution is 6.03. The predicted molar refractivity (Wildman–Crippen MR) is 217 cm³/mol. The van der Waals surface area contributed by atoms with Gasteiger partial charge in [0.1, 0.15) is 11.9 Å². The second-order valence-electron chi connectivity index (χ2n) is 14.2. The van der Waals surface area contributed by atoms with Crippen LogP contribution >= 0.6 is 0 Å². The van der Waals surface area contributed by atoms with E-state index in [0.29, 0.717) is 17.5 Å². The van der Waals surface area contributed by atoms with Gasteiger partial charge in [0.15, 0.2) is 17.5 Å². The minimum atomic E-state index is -0.503. The maximum Gasteiger partial charge on any atom is 0.165 e. The number of allylic oxidation sites excluding steroid dienone is 2. The van der Waals surface area contributed by atoms with Gasteiger partial charge in [-0.25, -0.2) is 15.0 Å². The van der Waals surface area contributed by atoms with Crippen molar-refractivity contribution in [2.75, 3.05) is 0 Å². The number of ether oxygens (including phenoxy) is 1. The summed E-state index contributed by atoms with van der Waals surface area (Å²) in [4.78, 5) is 15.5. The Morgan fingerprint density at radius 1 is 0.500 bits per heavy atom. The van der Waals surface area contributed by atoms with Gasteiger partial charge in [-0.05, 0) is 61.9 Å². The zero-order valence-corrected chi connectivity index (χ0v) is 29.4. The van der Waals surface area contributed by atoms with Gasteiger partial charge >= 0.3 is 0 Å². The minimum Gasteiger partial charge on any atom is -0.485 e. The summed E-state index contributed by atoms with van der Waals surface area (Å²) in [7, 11) is 0. The Hall–Kier alpha value is -6.91. The van der Waals surface area contributed by atoms with E-state index in [1.807, 2.05) is 36.4 Å². The number of hydrogen-bond donors (Lipinski definition) is 0. The Balaban J connectivity index is 1.20. The molecule has 11 rings (SSSR count). The molecule has 0 N–H and O–H groups in total. The van der Waals surface area contributed by atoms with E-state index >= 15 is 0 Å². The van der Waals surface area contributed by atoms with E-state index in [4.69, 9.17) is 19.7 Å². The van der Waals surface area contributed by atoms with Gasteiger partial charge in [0.2, 0.25) is 0 Å². The summed E-state index contributed by atoms with van der Waals surface area (Å²) in [5.41, 5.74) is 12.1. The molecule has 0 amide bonds. The van der Waals surface area contributed by atoms with Crippen molar-refractivity contribution >= 4 is 10.8 Å². The smallest absolute Gasteiger partial charge is 0.165 e. The highest BCUT2D eigenvalue weighted by Crippen LogP contribution is 2.62. The molecule has 254 valence electrons. The van der Waals surface area contributed by atoms with E-state index < -0.39 is 5.41 Å². The van der Waals surface area contributed by atoms with Gasteiger partial charge in [-0.2, -0.15) is 0 Å². The van der Waals surface area contributed by atoms with Crippen molar-refractivity contribution in [3.63, 3.8) is 0 Å². The molecule has 0 saturated heterocycles. The predicted octanol–water partition coefficient (Wildman–Crippen LogP) is 11.7. The Bertz CT molecular complexity index is 2740. The molecule has 1 spiro atoms. The Labute approximate surface area is 313 Å². The first-order chi connectivity index (χ1) is 26.8. The third-order valence-electron chi connectivity index (χ3n) is 11.3. The van der Waals surface area contributed by atoms with Crippen LogP contribution in [0, 0.1) is 0 Å². The molecular formula is C50H33N3O. The Morgan fingerprint density at radius 3 is 1.81 bits per heavy atom. The minimum absolute atomic E-state index is 0.0539. The summed E-state index contributed by atoms with van der Waals surface area (Å²) >= 11 is 0. The van der Waals surface area contributed by atoms with E-state index in [-0.39, 0.29) is 6.10 Å². The number of rotatable bonds is 4. The lowest BCUT2D eigenvalue weighted by Crippen LogP contribution is -2.42. The molecule has 0 bridgehead atoms. The summed E-state index contributed by atoms with van der Waals surface area (Å²) in [6.45, 7) is 0. The Kier molecular flexibility index (Phi) is 6.86. The fourth-order valence-electron chi connectivity index (χ4n) is 9.00. The highest BCUT2D eigenvalue weighted by atomic mass is 16.5. The maximum absolute atomic E-state index is 6.91. The van der Waals surface area contributed by atoms with Gasteiger partial charge in [0.05, 0.1) is 5.41 Å². The van der Waals surface area contributed by atoms with Crippen molar-refractivity contribution in [3.8, 4) is 62.2 Å². The SMILES string of the molecule is C1=CCC2Oc3ccc(-c4ccc5ccccc5c4-c4nc(-c5ccccc5)nc(-c5ccccc5)n4)cc3C3(C2=C1)c1ccccc1-c1ccccc13. The van der Waals surface area contributed by atoms with Gasteiger partial charge in [-0.3, -0.25) is 0 Å². The van der Waals surface area contributed by atoms with E-state index in [1.54, 1.807) is 0 Å². The molecule has 7 aromatic carbocycles. The van der Waals surface area contributed by atoms with Crippen LogP contribution in [0.1, 0.15) is 23.1 Å². The number of nitrogens with zero attached hydrogens (tertiary/aromatic N) is 3. The standard InChI is InChI=1S/C50H33N3O/c1-3-16-33(17-4-1)47-51-48(34-18-5-2-6-19-34)53-49(52-47)46-36-20-8-7-15-32(36)27-29-37(46)35-28-30-45-43(31-35)50(42-25-13-14-26-44(42)54-45)40-23-11-9-21-38(40)39-22-10-12-24-41(39)50/h1-25,27-31,44H,26H2. The van der Waals surface area contributed by atoms with Crippen LogP contribution in [0.4, 0.5) is 0 Å². The third-order valence-corrected chi connectivity index (χ3v) is 11.3. The van der Waals surface area contributed by atoms with Crippen LogP contribution in [-0.4, -0.2) is 21.1 Å². The van der Waals surface area contributed by atoms with Crippen molar-refractivity contribution < 1.29 is 4.74 Å². The third kappa shape index (κ3) is 4.53. The molecule has 1 aromatic heterocycles. The Morgan fingerprint density at radius 2 is 1.11 bits per heavy atom. The fourth-order valence-corrected chi connectivity index (χ4v) is 9.00. The molecule has 54 heavy (non-hydrogen) atoms. The first-order valence-corrected chi connectivity index (χ1v) is 18.5. The largest absolute Gasteiger partial charge is 0.485 e. The first kappa shape index (κ1) is 30.7. The quantitative estimate of drug-likeness (QED) is 0.184. The van der Waals surface area contributed by atoms with E-state index in [0.717, 1.165) is 56.3 Å². The lowest BCUT2D eigenvalue weighted by molar-refractivity contribution is 0.205. The fraction of sp³-hybridized carbons (Fsp3) is 0.0600. The van der Waals surface area contributed by atoms with Crippen LogP contribution in [-0.2, 0) is 5.41 Å². The van der Waals surface area contributed by atoms with Crippen LogP contribution in [0.3, 0.4) is 0 Å². The second-order valence-corrected chi connectivity index (χ2v) is 14.2. The maximum atomic E-state index is 6.91. The van der Waals surface area contributed by atoms with Crippen molar-refractivity contribution in [1.29, 1.82) is 0 Å². The van der Waals surface area contributed by atoms with Crippen molar-refractivity contribution in [2.24, 2.45) is 0 Å². The van der Waals surface area contributed by atoms with Crippen LogP contribution in [0.25, 0.3) is 67.2 Å². The molecule has 0 saturated carbocycles. The van der Waals surface area contributed by atoms with Gasteiger partial charge in [0, 0.05) is 28.7 Å². The van der Waals surface area contributed by atoms with Crippen molar-refractivity contribution in [3.05, 3.63) is 204 Å². The molecule has 3 aliphatic rings. The monoisotopic (exact) mass is 691 g/mol. The first-order valence-electron chi connectivity index (χ1n) is 18.5. The normalized spacial score (nSPS) is 15.9. The van der Waals surface area contributed by atoms with Gasteiger partial charge in [-0.15, -0.1) is 0 Å². The van der Waals surface area contributed by atoms with Crippen molar-refractivity contribution in [2.45, 2.75) is 17.9 Å². The molecule has 8 aromatic rings. The second kappa shape index (κ2) is 12.1. The lowest BCUT2D eigenvalue weighted by Gasteiger charge is -2.45. The highest BCUT2D eigenvalue weighted by Gasteiger charge is 2.53. The number of benzene rings is 7. The number of aromatic nitrogens is 3. The molecule has 2 heterocycles. The van der Waals surface area contributed by atoms with Crippen LogP contribution in [0.2, 0.25) is 0 Å². The van der Waals surface area contributed by atoms with Gasteiger partial charge in [0.25, 0.3) is 0 Å². The van der Waals surface area contributed by atoms with Crippen molar-refractivity contribution in [1.82, 2.24) is 15.0 Å². The summed E-state index contributed by atoms with van der Waals surface area (Å²) in [6, 6.07) is 57.9. The van der Waals surface area contributed by atoms with E-state index in [2.05, 4.69) is 146 Å². The molecule has 4 heteroatoms. The lowest BCUT2D eigenvalue weighted by atomic mass is 9.63. The zero-order chi connectivity index (χ0) is 35.6. The molecule has 1 unspecified atom stereocenters. The van der Waals surface area contributed by atoms with Gasteiger partial charge in [-0.1, -0.05) is 170 Å². The molecule has 1 atom stereocenters. The van der Waals surface area contributed by atoms with Crippen LogP contribution in [0.5, 0.6) is 5.75 Å². The molecule has 4 nitrogen and oxygen atoms in total. The van der Waals surface area contributed by atoms with E-state index in [9.17, 15) is 0 Å². The van der Waals surface area contributed by atoms with Crippen LogP contribution in [0.15, 0.2) is 188 Å². The topological polar surface area (TPSA) is 47.9 Å². The van der Waals surface area contributed by atoms with E-state index in [1.165, 1.54) is 27.8 Å². The molecule has 1 aliphatic heterocycles. The average Bonchev–Trinajstić information content (AvgIpc) is 3.54. The molecular weight excluding hydrogens is 659 g/mol. The summed E-state index contributed by atoms with van der Waals surface area (Å²) in [5.74, 6) is 2.83.